The highest BCUT2D eigenvalue weighted by Crippen LogP contribution is 2.27. The smallest absolute Gasteiger partial charge is 0.325 e. The van der Waals surface area contributed by atoms with Gasteiger partial charge in [0.1, 0.15) is 6.54 Å². The van der Waals surface area contributed by atoms with Gasteiger partial charge in [-0.15, -0.1) is 0 Å². The van der Waals surface area contributed by atoms with E-state index >= 15 is 0 Å². The predicted octanol–water partition coefficient (Wildman–Crippen LogP) is 0.708. The highest BCUT2D eigenvalue weighted by Gasteiger charge is 2.37. The third kappa shape index (κ3) is 3.81. The molecule has 0 aliphatic heterocycles. The lowest BCUT2D eigenvalue weighted by atomic mass is 9.79. The summed E-state index contributed by atoms with van der Waals surface area (Å²) in [6.45, 7) is 1.20. The molecule has 1 unspecified atom stereocenters. The monoisotopic (exact) mass is 279 g/mol. The molecule has 0 aromatic heterocycles. The Labute approximate surface area is 116 Å². The summed E-state index contributed by atoms with van der Waals surface area (Å²) in [7, 11) is 1.21. The fraction of sp³-hybridized carbons (Fsp3) is 0.357. The van der Waals surface area contributed by atoms with Gasteiger partial charge in [-0.1, -0.05) is 30.3 Å². The van der Waals surface area contributed by atoms with Gasteiger partial charge >= 0.3 is 11.9 Å². The molecule has 1 rings (SSSR count). The number of carbonyl (C=O) groups is 3. The van der Waals surface area contributed by atoms with Crippen LogP contribution in [0.5, 0.6) is 0 Å². The Morgan fingerprint density at radius 3 is 2.35 bits per heavy atom. The standard InChI is InChI=1S/C14H17NO5/c1-14(13(18)19,10-6-4-3-5-7-10)8-11(16)15-9-12(17)20-2/h3-7H,8-9H2,1-2H3,(H,15,16)(H,18,19). The molecular weight excluding hydrogens is 262 g/mol. The van der Waals surface area contributed by atoms with Gasteiger partial charge in [-0.05, 0) is 12.5 Å². The summed E-state index contributed by atoms with van der Waals surface area (Å²) in [4.78, 5) is 34.2. The van der Waals surface area contributed by atoms with Crippen molar-refractivity contribution >= 4 is 17.8 Å². The van der Waals surface area contributed by atoms with Crippen molar-refractivity contribution < 1.29 is 24.2 Å². The van der Waals surface area contributed by atoms with Crippen molar-refractivity contribution in [1.82, 2.24) is 5.32 Å². The zero-order valence-corrected chi connectivity index (χ0v) is 11.4. The minimum absolute atomic E-state index is 0.261. The molecule has 20 heavy (non-hydrogen) atoms. The van der Waals surface area contributed by atoms with E-state index in [1.807, 2.05) is 0 Å². The van der Waals surface area contributed by atoms with Crippen molar-refractivity contribution in [3.8, 4) is 0 Å². The van der Waals surface area contributed by atoms with Crippen LogP contribution in [0, 0.1) is 0 Å². The van der Waals surface area contributed by atoms with Crippen molar-refractivity contribution in [2.45, 2.75) is 18.8 Å². The maximum absolute atomic E-state index is 11.8. The summed E-state index contributed by atoms with van der Waals surface area (Å²) in [5.74, 6) is -2.21. The van der Waals surface area contributed by atoms with Gasteiger partial charge in [0, 0.05) is 6.42 Å². The van der Waals surface area contributed by atoms with Crippen LogP contribution in [0.15, 0.2) is 30.3 Å². The zero-order chi connectivity index (χ0) is 15.2. The van der Waals surface area contributed by atoms with Crippen LogP contribution in [0.2, 0.25) is 0 Å². The molecule has 2 N–H and O–H groups in total. The molecule has 0 spiro atoms. The molecule has 1 aromatic carbocycles. The Morgan fingerprint density at radius 1 is 1.25 bits per heavy atom. The van der Waals surface area contributed by atoms with E-state index in [9.17, 15) is 19.5 Å². The number of benzene rings is 1. The first-order valence-electron chi connectivity index (χ1n) is 6.02. The van der Waals surface area contributed by atoms with E-state index < -0.39 is 23.3 Å². The summed E-state index contributed by atoms with van der Waals surface area (Å²) in [5, 5.41) is 11.7. The van der Waals surface area contributed by atoms with Crippen LogP contribution in [0.1, 0.15) is 18.9 Å². The number of carboxylic acids is 1. The number of methoxy groups -OCH3 is 1. The average Bonchev–Trinajstić information content (AvgIpc) is 2.45. The number of hydrogen-bond acceptors (Lipinski definition) is 4. The number of aliphatic carboxylic acids is 1. The van der Waals surface area contributed by atoms with Crippen molar-refractivity contribution in [3.05, 3.63) is 35.9 Å². The first kappa shape index (κ1) is 15.7. The number of amides is 1. The SMILES string of the molecule is COC(=O)CNC(=O)CC(C)(C(=O)O)c1ccccc1. The fourth-order valence-electron chi connectivity index (χ4n) is 1.73. The predicted molar refractivity (Wildman–Crippen MR) is 71.1 cm³/mol. The molecule has 0 bridgehead atoms. The summed E-state index contributed by atoms with van der Waals surface area (Å²) < 4.78 is 4.39. The lowest BCUT2D eigenvalue weighted by molar-refractivity contribution is -0.146. The lowest BCUT2D eigenvalue weighted by Gasteiger charge is -2.24. The van der Waals surface area contributed by atoms with Gasteiger partial charge in [0.2, 0.25) is 5.91 Å². The quantitative estimate of drug-likeness (QED) is 0.748. The van der Waals surface area contributed by atoms with Crippen LogP contribution < -0.4 is 5.32 Å². The summed E-state index contributed by atoms with van der Waals surface area (Å²) >= 11 is 0. The van der Waals surface area contributed by atoms with Gasteiger partial charge in [-0.25, -0.2) is 0 Å². The highest BCUT2D eigenvalue weighted by atomic mass is 16.5. The molecule has 1 atom stereocenters. The van der Waals surface area contributed by atoms with Crippen LogP contribution in [-0.2, 0) is 24.5 Å². The second-order valence-electron chi connectivity index (χ2n) is 4.53. The maximum Gasteiger partial charge on any atom is 0.325 e. The first-order valence-corrected chi connectivity index (χ1v) is 6.02. The molecule has 0 saturated carbocycles. The number of carbonyl (C=O) groups excluding carboxylic acids is 2. The van der Waals surface area contributed by atoms with Gasteiger partial charge in [0.25, 0.3) is 0 Å². The normalized spacial score (nSPS) is 13.1. The molecular formula is C14H17NO5. The van der Waals surface area contributed by atoms with Crippen molar-refractivity contribution in [1.29, 1.82) is 0 Å². The molecule has 0 aliphatic carbocycles. The van der Waals surface area contributed by atoms with Gasteiger partial charge in [0.05, 0.1) is 12.5 Å². The summed E-state index contributed by atoms with van der Waals surface area (Å²) in [6.07, 6.45) is -0.261. The fourth-order valence-corrected chi connectivity index (χ4v) is 1.73. The molecule has 1 amide bonds. The Balaban J connectivity index is 2.81. The molecule has 6 nitrogen and oxygen atoms in total. The molecule has 0 aliphatic rings. The number of hydrogen-bond donors (Lipinski definition) is 2. The van der Waals surface area contributed by atoms with Crippen LogP contribution in [0.4, 0.5) is 0 Å². The third-order valence-corrected chi connectivity index (χ3v) is 3.05. The molecule has 1 aromatic rings. The molecule has 108 valence electrons. The van der Waals surface area contributed by atoms with E-state index in [-0.39, 0.29) is 13.0 Å². The number of rotatable bonds is 6. The molecule has 0 fully saturated rings. The average molecular weight is 279 g/mol. The third-order valence-electron chi connectivity index (χ3n) is 3.05. The second kappa shape index (κ2) is 6.70. The van der Waals surface area contributed by atoms with Gasteiger partial charge in [-0.2, -0.15) is 0 Å². The summed E-state index contributed by atoms with van der Waals surface area (Å²) in [6, 6.07) is 8.50. The lowest BCUT2D eigenvalue weighted by Crippen LogP contribution is -2.40. The molecule has 6 heteroatoms. The Morgan fingerprint density at radius 2 is 1.85 bits per heavy atom. The van der Waals surface area contributed by atoms with E-state index in [4.69, 9.17) is 0 Å². The van der Waals surface area contributed by atoms with E-state index in [0.717, 1.165) is 0 Å². The van der Waals surface area contributed by atoms with E-state index in [1.54, 1.807) is 30.3 Å². The van der Waals surface area contributed by atoms with Gasteiger partial charge in [0.15, 0.2) is 0 Å². The van der Waals surface area contributed by atoms with Crippen LogP contribution in [0.3, 0.4) is 0 Å². The van der Waals surface area contributed by atoms with Gasteiger partial charge in [-0.3, -0.25) is 14.4 Å². The van der Waals surface area contributed by atoms with E-state index in [2.05, 4.69) is 10.1 Å². The first-order chi connectivity index (χ1) is 9.40. The molecule has 0 radical (unpaired) electrons. The van der Waals surface area contributed by atoms with Crippen molar-refractivity contribution in [2.75, 3.05) is 13.7 Å². The number of carboxylic acid groups (broad SMARTS) is 1. The van der Waals surface area contributed by atoms with Crippen LogP contribution in [-0.4, -0.2) is 36.6 Å². The Hall–Kier alpha value is -2.37. The van der Waals surface area contributed by atoms with Crippen LogP contribution >= 0.6 is 0 Å². The van der Waals surface area contributed by atoms with Crippen molar-refractivity contribution in [3.63, 3.8) is 0 Å². The topological polar surface area (TPSA) is 92.7 Å². The Kier molecular flexibility index (Phi) is 5.25. The van der Waals surface area contributed by atoms with Crippen LogP contribution in [0.25, 0.3) is 0 Å². The summed E-state index contributed by atoms with van der Waals surface area (Å²) in [5.41, 5.74) is -0.817. The second-order valence-corrected chi connectivity index (χ2v) is 4.53. The molecule has 0 heterocycles. The highest BCUT2D eigenvalue weighted by molar-refractivity contribution is 5.90. The molecule has 0 saturated heterocycles. The van der Waals surface area contributed by atoms with E-state index in [1.165, 1.54) is 14.0 Å². The number of esters is 1. The maximum atomic E-state index is 11.8. The zero-order valence-electron chi connectivity index (χ0n) is 11.4. The van der Waals surface area contributed by atoms with E-state index in [0.29, 0.717) is 5.56 Å². The number of ether oxygens (including phenoxy) is 1. The largest absolute Gasteiger partial charge is 0.481 e. The van der Waals surface area contributed by atoms with Gasteiger partial charge < -0.3 is 15.2 Å². The Bertz CT molecular complexity index is 500. The number of nitrogens with one attached hydrogen (secondary N) is 1. The minimum Gasteiger partial charge on any atom is -0.481 e. The minimum atomic E-state index is -1.35. The van der Waals surface area contributed by atoms with Crippen molar-refractivity contribution in [2.24, 2.45) is 0 Å².